The van der Waals surface area contributed by atoms with Crippen LogP contribution in [-0.2, 0) is 6.54 Å². The maximum atomic E-state index is 13.2. The molecule has 0 radical (unpaired) electrons. The van der Waals surface area contributed by atoms with E-state index in [9.17, 15) is 13.6 Å². The van der Waals surface area contributed by atoms with Gasteiger partial charge < -0.3 is 0 Å². The lowest BCUT2D eigenvalue weighted by molar-refractivity contribution is 0.0961. The molecule has 0 aliphatic carbocycles. The Morgan fingerprint density at radius 2 is 1.91 bits per heavy atom. The number of Topliss-reactive ketones (excluding diaryl/α,β-unsaturated/α-hetero) is 1. The fourth-order valence-electron chi connectivity index (χ4n) is 1.95. The summed E-state index contributed by atoms with van der Waals surface area (Å²) in [4.78, 5) is 13.1. The number of hydrogen-bond donors (Lipinski definition) is 0. The summed E-state index contributed by atoms with van der Waals surface area (Å²) >= 11 is 6.04. The smallest absolute Gasteiger partial charge is 0.206 e. The monoisotopic (exact) mass is 334 g/mol. The second kappa shape index (κ2) is 6.21. The minimum atomic E-state index is -1.08. The third kappa shape index (κ3) is 3.24. The average molecular weight is 335 g/mol. The molecule has 2 aromatic carbocycles. The number of hydrogen-bond acceptors (Lipinski definition) is 4. The Hall–Kier alpha value is -2.67. The fraction of sp³-hybridized carbons (Fsp3) is 0.0667. The Morgan fingerprint density at radius 1 is 1.13 bits per heavy atom. The number of carbonyl (C=O) groups excluding carboxylic acids is 1. The van der Waals surface area contributed by atoms with Crippen LogP contribution in [0, 0.1) is 11.6 Å². The van der Waals surface area contributed by atoms with E-state index >= 15 is 0 Å². The van der Waals surface area contributed by atoms with Crippen molar-refractivity contribution in [1.82, 2.24) is 20.2 Å². The number of rotatable bonds is 4. The lowest BCUT2D eigenvalue weighted by Gasteiger charge is -2.01. The van der Waals surface area contributed by atoms with E-state index in [0.29, 0.717) is 10.6 Å². The first-order chi connectivity index (χ1) is 11.0. The normalized spacial score (nSPS) is 10.7. The zero-order valence-electron chi connectivity index (χ0n) is 11.6. The fourth-order valence-corrected chi connectivity index (χ4v) is 2.17. The van der Waals surface area contributed by atoms with Gasteiger partial charge in [-0.05, 0) is 35.5 Å². The van der Waals surface area contributed by atoms with Gasteiger partial charge in [-0.3, -0.25) is 4.79 Å². The molecule has 8 heteroatoms. The van der Waals surface area contributed by atoms with Crippen molar-refractivity contribution in [3.05, 3.63) is 64.7 Å². The summed E-state index contributed by atoms with van der Waals surface area (Å²) in [6.07, 6.45) is 0. The van der Waals surface area contributed by atoms with Crippen LogP contribution in [0.25, 0.3) is 11.4 Å². The molecule has 5 nitrogen and oxygen atoms in total. The zero-order valence-corrected chi connectivity index (χ0v) is 12.3. The maximum absolute atomic E-state index is 13.2. The van der Waals surface area contributed by atoms with Crippen LogP contribution in [0.15, 0.2) is 42.5 Å². The van der Waals surface area contributed by atoms with Crippen LogP contribution >= 0.6 is 11.6 Å². The van der Waals surface area contributed by atoms with Crippen molar-refractivity contribution < 1.29 is 13.6 Å². The molecule has 23 heavy (non-hydrogen) atoms. The van der Waals surface area contributed by atoms with Crippen molar-refractivity contribution in [1.29, 1.82) is 0 Å². The second-order valence-electron chi connectivity index (χ2n) is 4.68. The molecule has 0 N–H and O–H groups in total. The summed E-state index contributed by atoms with van der Waals surface area (Å²) < 4.78 is 26.0. The van der Waals surface area contributed by atoms with Gasteiger partial charge in [0.1, 0.15) is 6.54 Å². The molecule has 0 aliphatic rings. The number of tetrazole rings is 1. The van der Waals surface area contributed by atoms with Gasteiger partial charge in [0.2, 0.25) is 5.82 Å². The average Bonchev–Trinajstić information content (AvgIpc) is 2.98. The van der Waals surface area contributed by atoms with E-state index in [0.717, 1.165) is 16.9 Å². The molecule has 0 spiro atoms. The van der Waals surface area contributed by atoms with Gasteiger partial charge in [-0.2, -0.15) is 4.80 Å². The van der Waals surface area contributed by atoms with Crippen LogP contribution in [0.5, 0.6) is 0 Å². The summed E-state index contributed by atoms with van der Waals surface area (Å²) in [5.74, 6) is -2.29. The highest BCUT2D eigenvalue weighted by molar-refractivity contribution is 6.33. The van der Waals surface area contributed by atoms with Crippen LogP contribution in [0.4, 0.5) is 8.78 Å². The molecule has 0 unspecified atom stereocenters. The van der Waals surface area contributed by atoms with Crippen molar-refractivity contribution in [3.8, 4) is 11.4 Å². The molecule has 0 amide bonds. The van der Waals surface area contributed by atoms with Gasteiger partial charge in [-0.25, -0.2) is 8.78 Å². The summed E-state index contributed by atoms with van der Waals surface area (Å²) in [6, 6.07) is 9.88. The molecular weight excluding hydrogens is 326 g/mol. The summed E-state index contributed by atoms with van der Waals surface area (Å²) in [5, 5.41) is 12.1. The van der Waals surface area contributed by atoms with Crippen LogP contribution in [-0.4, -0.2) is 26.0 Å². The van der Waals surface area contributed by atoms with Gasteiger partial charge in [0.25, 0.3) is 0 Å². The van der Waals surface area contributed by atoms with E-state index in [-0.39, 0.29) is 17.9 Å². The number of aromatic nitrogens is 4. The van der Waals surface area contributed by atoms with Crippen molar-refractivity contribution in [2.45, 2.75) is 6.54 Å². The van der Waals surface area contributed by atoms with Gasteiger partial charge in [-0.1, -0.05) is 23.7 Å². The maximum Gasteiger partial charge on any atom is 0.206 e. The van der Waals surface area contributed by atoms with Crippen molar-refractivity contribution >= 4 is 17.4 Å². The first-order valence-electron chi connectivity index (χ1n) is 6.55. The summed E-state index contributed by atoms with van der Waals surface area (Å²) in [6.45, 7) is -0.247. The second-order valence-corrected chi connectivity index (χ2v) is 5.08. The molecule has 0 atom stereocenters. The van der Waals surface area contributed by atoms with Crippen molar-refractivity contribution in [2.24, 2.45) is 0 Å². The molecule has 3 aromatic rings. The molecule has 0 fully saturated rings. The first kappa shape index (κ1) is 15.2. The highest BCUT2D eigenvalue weighted by Crippen LogP contribution is 2.23. The number of carbonyl (C=O) groups is 1. The van der Waals surface area contributed by atoms with Crippen LogP contribution in [0.1, 0.15) is 10.4 Å². The van der Waals surface area contributed by atoms with Crippen molar-refractivity contribution in [3.63, 3.8) is 0 Å². The first-order valence-corrected chi connectivity index (χ1v) is 6.93. The molecule has 0 saturated heterocycles. The predicted molar refractivity (Wildman–Crippen MR) is 79.0 cm³/mol. The molecule has 1 aromatic heterocycles. The highest BCUT2D eigenvalue weighted by atomic mass is 35.5. The molecule has 116 valence electrons. The molecule has 0 saturated carbocycles. The Kier molecular flexibility index (Phi) is 4.12. The Balaban J connectivity index is 1.80. The van der Waals surface area contributed by atoms with Crippen LogP contribution < -0.4 is 0 Å². The molecule has 0 aliphatic heterocycles. The third-order valence-electron chi connectivity index (χ3n) is 3.09. The summed E-state index contributed by atoms with van der Waals surface area (Å²) in [7, 11) is 0. The lowest BCUT2D eigenvalue weighted by Crippen LogP contribution is -2.13. The van der Waals surface area contributed by atoms with Gasteiger partial charge >= 0.3 is 0 Å². The van der Waals surface area contributed by atoms with E-state index in [1.807, 2.05) is 0 Å². The Bertz CT molecular complexity index is 881. The number of halogens is 3. The number of nitrogens with zero attached hydrogens (tertiary/aromatic N) is 4. The minimum Gasteiger partial charge on any atom is -0.292 e. The summed E-state index contributed by atoms with van der Waals surface area (Å²) in [5.41, 5.74) is 0.612. The topological polar surface area (TPSA) is 60.7 Å². The molecule has 0 bridgehead atoms. The van der Waals surface area contributed by atoms with E-state index in [1.165, 1.54) is 6.07 Å². The number of ketones is 1. The molecule has 3 rings (SSSR count). The quantitative estimate of drug-likeness (QED) is 0.688. The Morgan fingerprint density at radius 3 is 2.65 bits per heavy atom. The molecule has 1 heterocycles. The highest BCUT2D eigenvalue weighted by Gasteiger charge is 2.14. The third-order valence-corrected chi connectivity index (χ3v) is 3.42. The largest absolute Gasteiger partial charge is 0.292 e. The van der Waals surface area contributed by atoms with Gasteiger partial charge in [-0.15, -0.1) is 10.2 Å². The van der Waals surface area contributed by atoms with Crippen molar-refractivity contribution in [2.75, 3.05) is 0 Å². The van der Waals surface area contributed by atoms with E-state index in [1.54, 1.807) is 24.3 Å². The number of benzene rings is 2. The van der Waals surface area contributed by atoms with Crippen LogP contribution in [0.2, 0.25) is 5.02 Å². The SMILES string of the molecule is O=C(Cn1nnc(-c2ccccc2Cl)n1)c1ccc(F)c(F)c1. The van der Waals surface area contributed by atoms with E-state index in [2.05, 4.69) is 15.4 Å². The van der Waals surface area contributed by atoms with Crippen LogP contribution in [0.3, 0.4) is 0 Å². The predicted octanol–water partition coefficient (Wildman–Crippen LogP) is 3.15. The Labute approximate surface area is 134 Å². The molecular formula is C15H9ClF2N4O. The van der Waals surface area contributed by atoms with E-state index < -0.39 is 17.4 Å². The lowest BCUT2D eigenvalue weighted by atomic mass is 10.1. The zero-order chi connectivity index (χ0) is 16.4. The minimum absolute atomic E-state index is 0.0282. The van der Waals surface area contributed by atoms with Gasteiger partial charge in [0.15, 0.2) is 17.4 Å². The standard InChI is InChI=1S/C15H9ClF2N4O/c16-11-4-2-1-3-10(11)15-19-21-22(20-15)8-14(23)9-5-6-12(17)13(18)7-9/h1-7H,8H2. The van der Waals surface area contributed by atoms with Gasteiger partial charge in [0, 0.05) is 11.1 Å². The van der Waals surface area contributed by atoms with E-state index in [4.69, 9.17) is 11.6 Å². The van der Waals surface area contributed by atoms with Gasteiger partial charge in [0.05, 0.1) is 5.02 Å².